The lowest BCUT2D eigenvalue weighted by Gasteiger charge is -2.14. The lowest BCUT2D eigenvalue weighted by molar-refractivity contribution is 0.297. The summed E-state index contributed by atoms with van der Waals surface area (Å²) in [7, 11) is 0. The van der Waals surface area contributed by atoms with Gasteiger partial charge in [-0.15, -0.1) is 11.3 Å². The summed E-state index contributed by atoms with van der Waals surface area (Å²) < 4.78 is 5.92. The molecule has 2 aromatic rings. The van der Waals surface area contributed by atoms with Crippen LogP contribution in [0.1, 0.15) is 48.1 Å². The monoisotopic (exact) mass is 290 g/mol. The molecule has 1 aromatic heterocycles. The molecule has 2 rings (SSSR count). The van der Waals surface area contributed by atoms with Crippen molar-refractivity contribution in [1.82, 2.24) is 4.98 Å². The zero-order valence-electron chi connectivity index (χ0n) is 12.3. The molecule has 0 saturated heterocycles. The first-order valence-electron chi connectivity index (χ1n) is 7.02. The standard InChI is InChI=1S/C16H22N2OS/c1-4-5-16-18-13(10-20-16)9-19-15-8-11(2)6-7-14(15)12(3)17/h6-8,10,12H,4-5,9,17H2,1-3H3. The fraction of sp³-hybridized carbons (Fsp3) is 0.438. The number of benzene rings is 1. The predicted octanol–water partition coefficient (Wildman–Crippen LogP) is 4.00. The largest absolute Gasteiger partial charge is 0.487 e. The molecule has 0 aliphatic heterocycles. The molecule has 1 aromatic carbocycles. The smallest absolute Gasteiger partial charge is 0.131 e. The second kappa shape index (κ2) is 6.86. The van der Waals surface area contributed by atoms with Gasteiger partial charge in [0.25, 0.3) is 0 Å². The van der Waals surface area contributed by atoms with Crippen LogP contribution in [0, 0.1) is 6.92 Å². The highest BCUT2D eigenvalue weighted by atomic mass is 32.1. The first kappa shape index (κ1) is 15.0. The molecule has 4 heteroatoms. The molecule has 2 N–H and O–H groups in total. The van der Waals surface area contributed by atoms with Crippen molar-refractivity contribution < 1.29 is 4.74 Å². The van der Waals surface area contributed by atoms with Gasteiger partial charge in [0.15, 0.2) is 0 Å². The van der Waals surface area contributed by atoms with E-state index in [1.807, 2.05) is 19.1 Å². The summed E-state index contributed by atoms with van der Waals surface area (Å²) in [4.78, 5) is 4.57. The highest BCUT2D eigenvalue weighted by Gasteiger charge is 2.09. The highest BCUT2D eigenvalue weighted by molar-refractivity contribution is 7.09. The Morgan fingerprint density at radius 2 is 2.20 bits per heavy atom. The van der Waals surface area contributed by atoms with Gasteiger partial charge in [0.2, 0.25) is 0 Å². The van der Waals surface area contributed by atoms with Gasteiger partial charge in [0.1, 0.15) is 12.4 Å². The zero-order valence-corrected chi connectivity index (χ0v) is 13.2. The quantitative estimate of drug-likeness (QED) is 0.874. The minimum atomic E-state index is -0.0308. The van der Waals surface area contributed by atoms with Gasteiger partial charge < -0.3 is 10.5 Å². The normalized spacial score (nSPS) is 12.4. The lowest BCUT2D eigenvalue weighted by atomic mass is 10.1. The summed E-state index contributed by atoms with van der Waals surface area (Å²) in [6, 6.07) is 6.11. The third-order valence-corrected chi connectivity index (χ3v) is 4.06. The van der Waals surface area contributed by atoms with E-state index < -0.39 is 0 Å². The van der Waals surface area contributed by atoms with Gasteiger partial charge in [-0.1, -0.05) is 19.1 Å². The Bertz CT molecular complexity index is 563. The average Bonchev–Trinajstić information content (AvgIpc) is 2.84. The summed E-state index contributed by atoms with van der Waals surface area (Å²) in [6.45, 7) is 6.70. The van der Waals surface area contributed by atoms with Crippen molar-refractivity contribution in [2.24, 2.45) is 5.73 Å². The molecule has 3 nitrogen and oxygen atoms in total. The molecule has 0 spiro atoms. The zero-order chi connectivity index (χ0) is 14.5. The number of rotatable bonds is 6. The van der Waals surface area contributed by atoms with Gasteiger partial charge in [-0.3, -0.25) is 0 Å². The van der Waals surface area contributed by atoms with E-state index >= 15 is 0 Å². The third-order valence-electron chi connectivity index (χ3n) is 3.10. The van der Waals surface area contributed by atoms with Crippen molar-refractivity contribution in [2.45, 2.75) is 46.3 Å². The topological polar surface area (TPSA) is 48.1 Å². The molecule has 20 heavy (non-hydrogen) atoms. The van der Waals surface area contributed by atoms with Crippen LogP contribution in [-0.4, -0.2) is 4.98 Å². The Balaban J connectivity index is 2.07. The predicted molar refractivity (Wildman–Crippen MR) is 84.2 cm³/mol. The van der Waals surface area contributed by atoms with Crippen molar-refractivity contribution in [3.8, 4) is 5.75 Å². The van der Waals surface area contributed by atoms with Crippen LogP contribution in [0.5, 0.6) is 5.75 Å². The van der Waals surface area contributed by atoms with Gasteiger partial charge in [-0.2, -0.15) is 0 Å². The lowest BCUT2D eigenvalue weighted by Crippen LogP contribution is -2.08. The van der Waals surface area contributed by atoms with Crippen molar-refractivity contribution in [3.05, 3.63) is 45.4 Å². The Morgan fingerprint density at radius 1 is 1.40 bits per heavy atom. The van der Waals surface area contributed by atoms with Crippen LogP contribution in [0.15, 0.2) is 23.6 Å². The average molecular weight is 290 g/mol. The molecule has 0 aliphatic carbocycles. The van der Waals surface area contributed by atoms with Crippen LogP contribution >= 0.6 is 11.3 Å². The molecule has 0 fully saturated rings. The summed E-state index contributed by atoms with van der Waals surface area (Å²) in [5.74, 6) is 0.866. The number of aryl methyl sites for hydroxylation is 2. The van der Waals surface area contributed by atoms with Crippen molar-refractivity contribution in [1.29, 1.82) is 0 Å². The highest BCUT2D eigenvalue weighted by Crippen LogP contribution is 2.26. The van der Waals surface area contributed by atoms with Crippen molar-refractivity contribution in [2.75, 3.05) is 0 Å². The molecule has 1 unspecified atom stereocenters. The van der Waals surface area contributed by atoms with Crippen LogP contribution in [0.25, 0.3) is 0 Å². The summed E-state index contributed by atoms with van der Waals surface area (Å²) in [6.07, 6.45) is 2.17. The Kier molecular flexibility index (Phi) is 5.15. The maximum atomic E-state index is 5.98. The number of nitrogens with zero attached hydrogens (tertiary/aromatic N) is 1. The summed E-state index contributed by atoms with van der Waals surface area (Å²) in [5, 5.41) is 3.26. The fourth-order valence-corrected chi connectivity index (χ4v) is 2.92. The van der Waals surface area contributed by atoms with Crippen LogP contribution in [-0.2, 0) is 13.0 Å². The van der Waals surface area contributed by atoms with Crippen molar-refractivity contribution >= 4 is 11.3 Å². The van der Waals surface area contributed by atoms with E-state index in [0.29, 0.717) is 6.61 Å². The van der Waals surface area contributed by atoms with E-state index in [1.54, 1.807) is 11.3 Å². The second-order valence-electron chi connectivity index (χ2n) is 5.10. The molecule has 1 atom stereocenters. The van der Waals surface area contributed by atoms with E-state index in [0.717, 1.165) is 29.8 Å². The van der Waals surface area contributed by atoms with Crippen LogP contribution in [0.2, 0.25) is 0 Å². The number of nitrogens with two attached hydrogens (primary N) is 1. The van der Waals surface area contributed by atoms with Gasteiger partial charge in [0, 0.05) is 17.0 Å². The SMILES string of the molecule is CCCc1nc(COc2cc(C)ccc2C(C)N)cs1. The molecule has 1 heterocycles. The van der Waals surface area contributed by atoms with Crippen LogP contribution < -0.4 is 10.5 Å². The molecule has 0 amide bonds. The van der Waals surface area contributed by atoms with Crippen LogP contribution in [0.4, 0.5) is 0 Å². The molecule has 0 aliphatic rings. The third kappa shape index (κ3) is 3.81. The van der Waals surface area contributed by atoms with Gasteiger partial charge in [0.05, 0.1) is 10.7 Å². The summed E-state index contributed by atoms with van der Waals surface area (Å²) in [5.41, 5.74) is 9.20. The number of hydrogen-bond donors (Lipinski definition) is 1. The van der Waals surface area contributed by atoms with E-state index in [1.165, 1.54) is 10.6 Å². The van der Waals surface area contributed by atoms with Crippen molar-refractivity contribution in [3.63, 3.8) is 0 Å². The Labute approximate surface area is 124 Å². The number of ether oxygens (including phenoxy) is 1. The number of hydrogen-bond acceptors (Lipinski definition) is 4. The second-order valence-corrected chi connectivity index (χ2v) is 6.04. The molecular weight excluding hydrogens is 268 g/mol. The maximum absolute atomic E-state index is 5.98. The van der Waals surface area contributed by atoms with Gasteiger partial charge in [-0.05, 0) is 38.3 Å². The molecule has 0 radical (unpaired) electrons. The number of thiazole rings is 1. The van der Waals surface area contributed by atoms with Crippen LogP contribution in [0.3, 0.4) is 0 Å². The molecule has 0 bridgehead atoms. The maximum Gasteiger partial charge on any atom is 0.131 e. The van der Waals surface area contributed by atoms with E-state index in [9.17, 15) is 0 Å². The van der Waals surface area contributed by atoms with E-state index in [4.69, 9.17) is 10.5 Å². The Morgan fingerprint density at radius 3 is 2.90 bits per heavy atom. The molecule has 0 saturated carbocycles. The fourth-order valence-electron chi connectivity index (χ4n) is 2.04. The van der Waals surface area contributed by atoms with E-state index in [-0.39, 0.29) is 6.04 Å². The minimum Gasteiger partial charge on any atom is -0.487 e. The van der Waals surface area contributed by atoms with Gasteiger partial charge >= 0.3 is 0 Å². The summed E-state index contributed by atoms with van der Waals surface area (Å²) >= 11 is 1.71. The van der Waals surface area contributed by atoms with Gasteiger partial charge in [-0.25, -0.2) is 4.98 Å². The molecular formula is C16H22N2OS. The Hall–Kier alpha value is -1.39. The molecule has 108 valence electrons. The first-order chi connectivity index (χ1) is 9.60. The number of aromatic nitrogens is 1. The van der Waals surface area contributed by atoms with E-state index in [2.05, 4.69) is 30.3 Å². The first-order valence-corrected chi connectivity index (χ1v) is 7.90. The minimum absolute atomic E-state index is 0.0308.